The number of ether oxygens (including phenoxy) is 2. The lowest BCUT2D eigenvalue weighted by Gasteiger charge is -1.90. The SMILES string of the molecule is CCOC(=O)C#CC(=O)COC. The average Bonchev–Trinajstić information content (AvgIpc) is 2.02. The molecule has 0 fully saturated rings. The molecule has 0 radical (unpaired) electrons. The Hall–Kier alpha value is -1.34. The molecule has 0 N–H and O–H groups in total. The van der Waals surface area contributed by atoms with Gasteiger partial charge in [-0.3, -0.25) is 4.79 Å². The standard InChI is InChI=1S/C8H10O4/c1-3-12-8(10)5-4-7(9)6-11-2/h3,6H2,1-2H3. The van der Waals surface area contributed by atoms with Crippen molar-refractivity contribution in [1.82, 2.24) is 0 Å². The van der Waals surface area contributed by atoms with Gasteiger partial charge in [-0.25, -0.2) is 4.79 Å². The van der Waals surface area contributed by atoms with Crippen molar-refractivity contribution >= 4 is 11.8 Å². The number of esters is 1. The van der Waals surface area contributed by atoms with E-state index in [0.29, 0.717) is 0 Å². The van der Waals surface area contributed by atoms with Gasteiger partial charge in [-0.2, -0.15) is 0 Å². The van der Waals surface area contributed by atoms with Gasteiger partial charge in [-0.05, 0) is 12.8 Å². The topological polar surface area (TPSA) is 52.6 Å². The van der Waals surface area contributed by atoms with E-state index in [0.717, 1.165) is 0 Å². The maximum Gasteiger partial charge on any atom is 0.384 e. The van der Waals surface area contributed by atoms with E-state index in [4.69, 9.17) is 0 Å². The molecule has 0 aromatic carbocycles. The van der Waals surface area contributed by atoms with Crippen LogP contribution in [0.4, 0.5) is 0 Å². The van der Waals surface area contributed by atoms with Crippen molar-refractivity contribution in [3.05, 3.63) is 0 Å². The van der Waals surface area contributed by atoms with Crippen LogP contribution in [0.3, 0.4) is 0 Å². The van der Waals surface area contributed by atoms with Crippen molar-refractivity contribution in [3.8, 4) is 11.8 Å². The molecule has 0 saturated carbocycles. The van der Waals surface area contributed by atoms with Crippen molar-refractivity contribution in [1.29, 1.82) is 0 Å². The van der Waals surface area contributed by atoms with Gasteiger partial charge < -0.3 is 9.47 Å². The summed E-state index contributed by atoms with van der Waals surface area (Å²) in [6, 6.07) is 0. The Balaban J connectivity index is 3.85. The second kappa shape index (κ2) is 6.38. The fourth-order valence-corrected chi connectivity index (χ4v) is 0.455. The number of rotatable bonds is 3. The first-order valence-corrected chi connectivity index (χ1v) is 3.41. The van der Waals surface area contributed by atoms with E-state index in [9.17, 15) is 9.59 Å². The summed E-state index contributed by atoms with van der Waals surface area (Å²) in [6.07, 6.45) is 0. The van der Waals surface area contributed by atoms with E-state index in [2.05, 4.69) is 15.4 Å². The van der Waals surface area contributed by atoms with Gasteiger partial charge >= 0.3 is 5.97 Å². The van der Waals surface area contributed by atoms with Crippen LogP contribution in [0.15, 0.2) is 0 Å². The molecule has 4 nitrogen and oxygen atoms in total. The molecule has 0 atom stereocenters. The van der Waals surface area contributed by atoms with Gasteiger partial charge in [0.25, 0.3) is 0 Å². The number of methoxy groups -OCH3 is 1. The Morgan fingerprint density at radius 1 is 1.33 bits per heavy atom. The third-order valence-corrected chi connectivity index (χ3v) is 0.855. The van der Waals surface area contributed by atoms with Crippen LogP contribution in [-0.4, -0.2) is 32.1 Å². The molecular formula is C8H10O4. The Kier molecular flexibility index (Phi) is 5.66. The highest BCUT2D eigenvalue weighted by Crippen LogP contribution is 1.75. The van der Waals surface area contributed by atoms with Gasteiger partial charge in [0.15, 0.2) is 0 Å². The summed E-state index contributed by atoms with van der Waals surface area (Å²) in [4.78, 5) is 21.2. The molecule has 0 heterocycles. The van der Waals surface area contributed by atoms with Gasteiger partial charge in [0.05, 0.1) is 6.61 Å². The lowest BCUT2D eigenvalue weighted by Crippen LogP contribution is -2.05. The van der Waals surface area contributed by atoms with Crippen LogP contribution < -0.4 is 0 Å². The maximum absolute atomic E-state index is 10.6. The monoisotopic (exact) mass is 170 g/mol. The van der Waals surface area contributed by atoms with E-state index < -0.39 is 11.8 Å². The van der Waals surface area contributed by atoms with Crippen LogP contribution in [-0.2, 0) is 19.1 Å². The van der Waals surface area contributed by atoms with Crippen LogP contribution in [0.2, 0.25) is 0 Å². The number of hydrogen-bond acceptors (Lipinski definition) is 4. The summed E-state index contributed by atoms with van der Waals surface area (Å²) in [5.41, 5.74) is 0. The van der Waals surface area contributed by atoms with Crippen molar-refractivity contribution in [2.24, 2.45) is 0 Å². The number of hydrogen-bond donors (Lipinski definition) is 0. The van der Waals surface area contributed by atoms with Gasteiger partial charge in [-0.15, -0.1) is 0 Å². The highest BCUT2D eigenvalue weighted by Gasteiger charge is 1.96. The fraction of sp³-hybridized carbons (Fsp3) is 0.500. The summed E-state index contributed by atoms with van der Waals surface area (Å²) in [5, 5.41) is 0. The van der Waals surface area contributed by atoms with E-state index in [-0.39, 0.29) is 13.2 Å². The van der Waals surface area contributed by atoms with E-state index in [1.165, 1.54) is 7.11 Å². The lowest BCUT2D eigenvalue weighted by atomic mass is 10.4. The van der Waals surface area contributed by atoms with Crippen LogP contribution in [0, 0.1) is 11.8 Å². The molecule has 0 bridgehead atoms. The largest absolute Gasteiger partial charge is 0.456 e. The smallest absolute Gasteiger partial charge is 0.384 e. The number of Topliss-reactive ketones (excluding diaryl/α,β-unsaturated/α-hetero) is 1. The molecule has 0 rings (SSSR count). The molecule has 0 spiro atoms. The predicted octanol–water partition coefficient (Wildman–Crippen LogP) is -0.232. The van der Waals surface area contributed by atoms with Gasteiger partial charge in [0, 0.05) is 13.0 Å². The molecule has 66 valence electrons. The maximum atomic E-state index is 10.6. The molecular weight excluding hydrogens is 160 g/mol. The Bertz CT molecular complexity index is 199. The third-order valence-electron chi connectivity index (χ3n) is 0.855. The number of carbonyl (C=O) groups excluding carboxylic acids is 2. The van der Waals surface area contributed by atoms with Gasteiger partial charge in [0.2, 0.25) is 5.78 Å². The normalized spacial score (nSPS) is 8.17. The highest BCUT2D eigenvalue weighted by molar-refractivity contribution is 6.02. The van der Waals surface area contributed by atoms with Crippen molar-refractivity contribution in [2.75, 3.05) is 20.3 Å². The van der Waals surface area contributed by atoms with Gasteiger partial charge in [0.1, 0.15) is 6.61 Å². The quantitative estimate of drug-likeness (QED) is 0.254. The molecule has 0 unspecified atom stereocenters. The second-order valence-electron chi connectivity index (χ2n) is 1.83. The zero-order valence-electron chi connectivity index (χ0n) is 7.05. The number of ketones is 1. The minimum Gasteiger partial charge on any atom is -0.456 e. The second-order valence-corrected chi connectivity index (χ2v) is 1.83. The van der Waals surface area contributed by atoms with E-state index >= 15 is 0 Å². The molecule has 0 aliphatic heterocycles. The summed E-state index contributed by atoms with van der Waals surface area (Å²) in [5.74, 6) is 2.98. The fourth-order valence-electron chi connectivity index (χ4n) is 0.455. The van der Waals surface area contributed by atoms with Crippen LogP contribution in [0.25, 0.3) is 0 Å². The van der Waals surface area contributed by atoms with Crippen molar-refractivity contribution in [2.45, 2.75) is 6.92 Å². The third kappa shape index (κ3) is 5.45. The first-order chi connectivity index (χ1) is 5.70. The Labute approximate surface area is 70.8 Å². The first-order valence-electron chi connectivity index (χ1n) is 3.41. The molecule has 12 heavy (non-hydrogen) atoms. The molecule has 0 amide bonds. The zero-order chi connectivity index (χ0) is 9.40. The predicted molar refractivity (Wildman–Crippen MR) is 41.3 cm³/mol. The molecule has 0 aromatic rings. The van der Waals surface area contributed by atoms with Gasteiger partial charge in [-0.1, -0.05) is 0 Å². The summed E-state index contributed by atoms with van der Waals surface area (Å²) >= 11 is 0. The molecule has 4 heteroatoms. The van der Waals surface area contributed by atoms with Crippen LogP contribution in [0.5, 0.6) is 0 Å². The van der Waals surface area contributed by atoms with Crippen LogP contribution >= 0.6 is 0 Å². The zero-order valence-corrected chi connectivity index (χ0v) is 7.05. The number of carbonyl (C=O) groups is 2. The molecule has 0 aliphatic carbocycles. The molecule has 0 aliphatic rings. The first kappa shape index (κ1) is 10.7. The summed E-state index contributed by atoms with van der Waals surface area (Å²) in [6.45, 7) is 1.81. The summed E-state index contributed by atoms with van der Waals surface area (Å²) < 4.78 is 8.96. The Morgan fingerprint density at radius 3 is 2.50 bits per heavy atom. The van der Waals surface area contributed by atoms with Crippen molar-refractivity contribution in [3.63, 3.8) is 0 Å². The average molecular weight is 170 g/mol. The minimum atomic E-state index is -0.693. The lowest BCUT2D eigenvalue weighted by molar-refractivity contribution is -0.136. The highest BCUT2D eigenvalue weighted by atomic mass is 16.5. The van der Waals surface area contributed by atoms with Crippen LogP contribution in [0.1, 0.15) is 6.92 Å². The van der Waals surface area contributed by atoms with E-state index in [1.54, 1.807) is 6.92 Å². The van der Waals surface area contributed by atoms with Crippen molar-refractivity contribution < 1.29 is 19.1 Å². The molecule has 0 aromatic heterocycles. The van der Waals surface area contributed by atoms with E-state index in [1.807, 2.05) is 5.92 Å². The minimum absolute atomic E-state index is 0.105. The summed E-state index contributed by atoms with van der Waals surface area (Å²) in [7, 11) is 1.38. The Morgan fingerprint density at radius 2 is 2.00 bits per heavy atom. The molecule has 0 saturated heterocycles.